The molecule has 1 aromatic heterocycles. The largest absolute Gasteiger partial charge is 0.325 e. The van der Waals surface area contributed by atoms with Crippen molar-refractivity contribution in [2.45, 2.75) is 0 Å². The molecule has 1 heterocycles. The average Bonchev–Trinajstić information content (AvgIpc) is 2.98. The van der Waals surface area contributed by atoms with Crippen molar-refractivity contribution in [1.29, 1.82) is 0 Å². The van der Waals surface area contributed by atoms with Gasteiger partial charge in [-0.05, 0) is 48.5 Å². The molecule has 0 aliphatic heterocycles. The Morgan fingerprint density at radius 2 is 1.70 bits per heavy atom. The Labute approximate surface area is 140 Å². The van der Waals surface area contributed by atoms with Crippen LogP contribution < -0.4 is 10.6 Å². The lowest BCUT2D eigenvalue weighted by molar-refractivity contribution is 0.262. The fourth-order valence-corrected chi connectivity index (χ4v) is 2.65. The van der Waals surface area contributed by atoms with Gasteiger partial charge in [0.25, 0.3) is 0 Å². The normalized spacial score (nSPS) is 10.3. The maximum Gasteiger partial charge on any atom is 0.325 e. The summed E-state index contributed by atoms with van der Waals surface area (Å²) in [6.45, 7) is 0. The molecule has 0 bridgehead atoms. The summed E-state index contributed by atoms with van der Waals surface area (Å²) in [7, 11) is 0. The van der Waals surface area contributed by atoms with Crippen LogP contribution in [-0.2, 0) is 0 Å². The van der Waals surface area contributed by atoms with Crippen molar-refractivity contribution >= 4 is 39.8 Å². The van der Waals surface area contributed by atoms with Gasteiger partial charge in [0.2, 0.25) is 5.13 Å². The smallest absolute Gasteiger partial charge is 0.308 e. The molecule has 0 saturated heterocycles. The highest BCUT2D eigenvalue weighted by Gasteiger charge is 2.10. The Hall–Kier alpha value is -2.51. The number of urea groups is 1. The number of carbonyl (C=O) groups is 1. The molecule has 0 unspecified atom stereocenters. The number of halogens is 2. The predicted octanol–water partition coefficient (Wildman–Crippen LogP) is 4.64. The van der Waals surface area contributed by atoms with Gasteiger partial charge in [0.05, 0.1) is 0 Å². The van der Waals surface area contributed by atoms with Crippen LogP contribution in [0.3, 0.4) is 0 Å². The molecule has 0 fully saturated rings. The van der Waals surface area contributed by atoms with Crippen molar-refractivity contribution in [3.05, 3.63) is 59.4 Å². The van der Waals surface area contributed by atoms with Crippen LogP contribution in [0.15, 0.2) is 48.5 Å². The second-order valence-electron chi connectivity index (χ2n) is 4.51. The van der Waals surface area contributed by atoms with Crippen molar-refractivity contribution in [3.63, 3.8) is 0 Å². The van der Waals surface area contributed by atoms with Crippen LogP contribution >= 0.6 is 22.9 Å². The van der Waals surface area contributed by atoms with E-state index in [1.54, 1.807) is 36.4 Å². The second kappa shape index (κ2) is 6.72. The summed E-state index contributed by atoms with van der Waals surface area (Å²) in [5, 5.41) is 14.6. The predicted molar refractivity (Wildman–Crippen MR) is 89.4 cm³/mol. The number of carbonyl (C=O) groups excluding carboxylic acids is 1. The maximum absolute atomic E-state index is 12.9. The third-order valence-electron chi connectivity index (χ3n) is 2.84. The quantitative estimate of drug-likeness (QED) is 0.724. The molecule has 2 amide bonds. The first-order valence-electron chi connectivity index (χ1n) is 6.53. The van der Waals surface area contributed by atoms with E-state index in [1.165, 1.54) is 23.5 Å². The molecule has 3 rings (SSSR count). The summed E-state index contributed by atoms with van der Waals surface area (Å²) in [6, 6.07) is 12.2. The molecule has 2 N–H and O–H groups in total. The van der Waals surface area contributed by atoms with Crippen LogP contribution in [0.25, 0.3) is 10.6 Å². The second-order valence-corrected chi connectivity index (χ2v) is 5.92. The third kappa shape index (κ3) is 4.02. The molecule has 0 saturated carbocycles. The SMILES string of the molecule is O=C(Nc1ccc(Cl)cc1)Nc1nnc(-c2ccc(F)cc2)s1. The fraction of sp³-hybridized carbons (Fsp3) is 0. The van der Waals surface area contributed by atoms with Gasteiger partial charge in [0.15, 0.2) is 0 Å². The van der Waals surface area contributed by atoms with E-state index in [0.717, 1.165) is 5.56 Å². The molecule has 0 spiro atoms. The number of nitrogens with zero attached hydrogens (tertiary/aromatic N) is 2. The monoisotopic (exact) mass is 348 g/mol. The first kappa shape index (κ1) is 15.4. The number of hydrogen-bond acceptors (Lipinski definition) is 4. The molecule has 0 aliphatic rings. The molecule has 0 radical (unpaired) electrons. The van der Waals surface area contributed by atoms with Crippen LogP contribution in [0, 0.1) is 5.82 Å². The molecule has 0 atom stereocenters. The summed E-state index contributed by atoms with van der Waals surface area (Å²) < 4.78 is 12.9. The van der Waals surface area contributed by atoms with Crippen molar-refractivity contribution in [2.75, 3.05) is 10.6 Å². The Balaban J connectivity index is 1.65. The van der Waals surface area contributed by atoms with E-state index in [0.29, 0.717) is 20.8 Å². The van der Waals surface area contributed by atoms with Gasteiger partial charge in [0.1, 0.15) is 10.8 Å². The summed E-state index contributed by atoms with van der Waals surface area (Å²) >= 11 is 6.98. The Morgan fingerprint density at radius 3 is 2.39 bits per heavy atom. The summed E-state index contributed by atoms with van der Waals surface area (Å²) in [5.74, 6) is -0.320. The van der Waals surface area contributed by atoms with Crippen LogP contribution in [0.4, 0.5) is 20.0 Å². The topological polar surface area (TPSA) is 66.9 Å². The van der Waals surface area contributed by atoms with Gasteiger partial charge in [-0.2, -0.15) is 0 Å². The van der Waals surface area contributed by atoms with Crippen molar-refractivity contribution in [3.8, 4) is 10.6 Å². The lowest BCUT2D eigenvalue weighted by Gasteiger charge is -2.04. The molecule has 0 aliphatic carbocycles. The third-order valence-corrected chi connectivity index (χ3v) is 3.98. The van der Waals surface area contributed by atoms with Gasteiger partial charge in [-0.3, -0.25) is 5.32 Å². The zero-order valence-electron chi connectivity index (χ0n) is 11.6. The molecule has 116 valence electrons. The number of anilines is 2. The fourth-order valence-electron chi connectivity index (χ4n) is 1.78. The molecule has 3 aromatic rings. The number of hydrogen-bond donors (Lipinski definition) is 2. The standard InChI is InChI=1S/C15H10ClFN4OS/c16-10-3-7-12(8-4-10)18-14(22)19-15-21-20-13(23-15)9-1-5-11(17)6-2-9/h1-8H,(H2,18,19,21,22). The van der Waals surface area contributed by atoms with E-state index in [2.05, 4.69) is 20.8 Å². The minimum absolute atomic E-state index is 0.320. The van der Waals surface area contributed by atoms with Crippen molar-refractivity contribution < 1.29 is 9.18 Å². The maximum atomic E-state index is 12.9. The molecule has 8 heteroatoms. The Morgan fingerprint density at radius 1 is 1.00 bits per heavy atom. The van der Waals surface area contributed by atoms with Gasteiger partial charge in [-0.25, -0.2) is 9.18 Å². The zero-order chi connectivity index (χ0) is 16.2. The average molecular weight is 349 g/mol. The number of nitrogens with one attached hydrogen (secondary N) is 2. The van der Waals surface area contributed by atoms with E-state index in [-0.39, 0.29) is 5.82 Å². The zero-order valence-corrected chi connectivity index (χ0v) is 13.2. The molecular weight excluding hydrogens is 339 g/mol. The van der Waals surface area contributed by atoms with Crippen molar-refractivity contribution in [2.24, 2.45) is 0 Å². The number of rotatable bonds is 3. The Bertz CT molecular complexity index is 820. The summed E-state index contributed by atoms with van der Waals surface area (Å²) in [4.78, 5) is 11.9. The summed E-state index contributed by atoms with van der Waals surface area (Å²) in [6.07, 6.45) is 0. The minimum Gasteiger partial charge on any atom is -0.308 e. The van der Waals surface area contributed by atoms with Gasteiger partial charge in [0, 0.05) is 16.3 Å². The number of benzene rings is 2. The van der Waals surface area contributed by atoms with E-state index >= 15 is 0 Å². The molecule has 2 aromatic carbocycles. The van der Waals surface area contributed by atoms with Gasteiger partial charge in [-0.15, -0.1) is 10.2 Å². The van der Waals surface area contributed by atoms with Crippen LogP contribution in [0.2, 0.25) is 5.02 Å². The highest BCUT2D eigenvalue weighted by molar-refractivity contribution is 7.18. The molecule has 23 heavy (non-hydrogen) atoms. The first-order chi connectivity index (χ1) is 11.1. The lowest BCUT2D eigenvalue weighted by atomic mass is 10.2. The van der Waals surface area contributed by atoms with Crippen LogP contribution in [0.1, 0.15) is 0 Å². The van der Waals surface area contributed by atoms with E-state index in [1.807, 2.05) is 0 Å². The lowest BCUT2D eigenvalue weighted by Crippen LogP contribution is -2.19. The number of aromatic nitrogens is 2. The van der Waals surface area contributed by atoms with Gasteiger partial charge < -0.3 is 5.32 Å². The van der Waals surface area contributed by atoms with E-state index in [9.17, 15) is 9.18 Å². The minimum atomic E-state index is -0.436. The highest BCUT2D eigenvalue weighted by Crippen LogP contribution is 2.26. The van der Waals surface area contributed by atoms with Gasteiger partial charge >= 0.3 is 6.03 Å². The van der Waals surface area contributed by atoms with Crippen LogP contribution in [0.5, 0.6) is 0 Å². The molecule has 5 nitrogen and oxygen atoms in total. The summed E-state index contributed by atoms with van der Waals surface area (Å²) in [5.41, 5.74) is 1.34. The molecular formula is C15H10ClFN4OS. The van der Waals surface area contributed by atoms with Crippen molar-refractivity contribution in [1.82, 2.24) is 10.2 Å². The van der Waals surface area contributed by atoms with E-state index in [4.69, 9.17) is 11.6 Å². The van der Waals surface area contributed by atoms with E-state index < -0.39 is 6.03 Å². The number of amides is 2. The first-order valence-corrected chi connectivity index (χ1v) is 7.72. The Kier molecular flexibility index (Phi) is 4.50. The van der Waals surface area contributed by atoms with Crippen LogP contribution in [-0.4, -0.2) is 16.2 Å². The van der Waals surface area contributed by atoms with Gasteiger partial charge in [-0.1, -0.05) is 22.9 Å². The highest BCUT2D eigenvalue weighted by atomic mass is 35.5.